The van der Waals surface area contributed by atoms with Crippen molar-refractivity contribution in [3.63, 3.8) is 0 Å². The molecule has 2 heterocycles. The molecule has 2 aromatic rings. The highest BCUT2D eigenvalue weighted by Gasteiger charge is 2.40. The van der Waals surface area contributed by atoms with Gasteiger partial charge in [-0.15, -0.1) is 0 Å². The largest absolute Gasteiger partial charge is 0.395 e. The SMILES string of the molecule is Cc1[nH]ncc1CN1C[C@H](c2ccccc2)[C@@H](O)[C@H]1CO. The van der Waals surface area contributed by atoms with E-state index in [-0.39, 0.29) is 18.6 Å². The third-order valence-electron chi connectivity index (χ3n) is 4.43. The van der Waals surface area contributed by atoms with Crippen molar-refractivity contribution in [3.8, 4) is 0 Å². The number of aryl methyl sites for hydroxylation is 1. The molecule has 3 rings (SSSR count). The first-order valence-corrected chi connectivity index (χ1v) is 7.27. The molecule has 1 aromatic carbocycles. The third kappa shape index (κ3) is 2.72. The van der Waals surface area contributed by atoms with E-state index in [0.717, 1.165) is 23.4 Å². The van der Waals surface area contributed by atoms with E-state index in [1.54, 1.807) is 0 Å². The first kappa shape index (κ1) is 14.3. The van der Waals surface area contributed by atoms with Gasteiger partial charge in [0, 0.05) is 30.3 Å². The van der Waals surface area contributed by atoms with Gasteiger partial charge in [0.05, 0.1) is 24.9 Å². The maximum atomic E-state index is 10.5. The number of rotatable bonds is 4. The molecule has 21 heavy (non-hydrogen) atoms. The van der Waals surface area contributed by atoms with Crippen LogP contribution in [0, 0.1) is 6.92 Å². The van der Waals surface area contributed by atoms with Gasteiger partial charge in [-0.25, -0.2) is 0 Å². The van der Waals surface area contributed by atoms with Gasteiger partial charge in [0.1, 0.15) is 0 Å². The number of benzene rings is 1. The number of hydrogen-bond donors (Lipinski definition) is 3. The normalized spacial score (nSPS) is 26.3. The van der Waals surface area contributed by atoms with Crippen molar-refractivity contribution in [2.45, 2.75) is 31.5 Å². The zero-order valence-corrected chi connectivity index (χ0v) is 12.1. The maximum Gasteiger partial charge on any atom is 0.0798 e. The molecule has 1 aliphatic heterocycles. The summed E-state index contributed by atoms with van der Waals surface area (Å²) < 4.78 is 0. The number of H-pyrrole nitrogens is 1. The Labute approximate surface area is 124 Å². The van der Waals surface area contributed by atoms with Crippen molar-refractivity contribution in [2.24, 2.45) is 0 Å². The predicted octanol–water partition coefficient (Wildman–Crippen LogP) is 1.04. The molecule has 3 N–H and O–H groups in total. The number of aliphatic hydroxyl groups is 2. The van der Waals surface area contributed by atoms with Crippen molar-refractivity contribution in [1.82, 2.24) is 15.1 Å². The Morgan fingerprint density at radius 1 is 1.33 bits per heavy atom. The average Bonchev–Trinajstić information content (AvgIpc) is 3.04. The second-order valence-corrected chi connectivity index (χ2v) is 5.71. The van der Waals surface area contributed by atoms with Crippen LogP contribution in [0.4, 0.5) is 0 Å². The molecule has 0 spiro atoms. The first-order valence-electron chi connectivity index (χ1n) is 7.27. The van der Waals surface area contributed by atoms with Crippen molar-refractivity contribution < 1.29 is 10.2 Å². The molecular weight excluding hydrogens is 266 g/mol. The fraction of sp³-hybridized carbons (Fsp3) is 0.438. The summed E-state index contributed by atoms with van der Waals surface area (Å²) >= 11 is 0. The van der Waals surface area contributed by atoms with Crippen LogP contribution in [-0.4, -0.2) is 50.6 Å². The summed E-state index contributed by atoms with van der Waals surface area (Å²) in [7, 11) is 0. The predicted molar refractivity (Wildman–Crippen MR) is 79.8 cm³/mol. The van der Waals surface area contributed by atoms with Gasteiger partial charge in [-0.1, -0.05) is 30.3 Å². The number of aromatic nitrogens is 2. The van der Waals surface area contributed by atoms with E-state index in [2.05, 4.69) is 15.1 Å². The molecule has 3 atom stereocenters. The van der Waals surface area contributed by atoms with E-state index >= 15 is 0 Å². The lowest BCUT2D eigenvalue weighted by molar-refractivity contribution is 0.0640. The summed E-state index contributed by atoms with van der Waals surface area (Å²) in [5.74, 6) is 0.0376. The Morgan fingerprint density at radius 2 is 2.10 bits per heavy atom. The quantitative estimate of drug-likeness (QED) is 0.785. The van der Waals surface area contributed by atoms with Crippen LogP contribution in [0.25, 0.3) is 0 Å². The van der Waals surface area contributed by atoms with Crippen LogP contribution in [0.2, 0.25) is 0 Å². The van der Waals surface area contributed by atoms with Crippen LogP contribution >= 0.6 is 0 Å². The van der Waals surface area contributed by atoms with Gasteiger partial charge in [0.2, 0.25) is 0 Å². The van der Waals surface area contributed by atoms with Crippen LogP contribution < -0.4 is 0 Å². The van der Waals surface area contributed by atoms with Crippen LogP contribution in [0.5, 0.6) is 0 Å². The minimum absolute atomic E-state index is 0.0376. The highest BCUT2D eigenvalue weighted by Crippen LogP contribution is 2.33. The molecule has 1 saturated heterocycles. The van der Waals surface area contributed by atoms with Gasteiger partial charge in [-0.05, 0) is 12.5 Å². The van der Waals surface area contributed by atoms with Crippen LogP contribution in [0.15, 0.2) is 36.5 Å². The summed E-state index contributed by atoms with van der Waals surface area (Å²) in [4.78, 5) is 2.14. The van der Waals surface area contributed by atoms with Crippen molar-refractivity contribution >= 4 is 0 Å². The maximum absolute atomic E-state index is 10.5. The molecule has 0 radical (unpaired) electrons. The summed E-state index contributed by atoms with van der Waals surface area (Å²) in [6, 6.07) is 9.78. The highest BCUT2D eigenvalue weighted by molar-refractivity contribution is 5.25. The lowest BCUT2D eigenvalue weighted by atomic mass is 9.94. The number of aromatic amines is 1. The molecule has 0 aliphatic carbocycles. The number of nitrogens with zero attached hydrogens (tertiary/aromatic N) is 2. The van der Waals surface area contributed by atoms with Gasteiger partial charge in [-0.3, -0.25) is 10.00 Å². The molecule has 1 aliphatic rings. The van der Waals surface area contributed by atoms with Crippen molar-refractivity contribution in [3.05, 3.63) is 53.3 Å². The summed E-state index contributed by atoms with van der Waals surface area (Å²) in [5.41, 5.74) is 3.26. The molecule has 5 nitrogen and oxygen atoms in total. The van der Waals surface area contributed by atoms with Gasteiger partial charge in [0.25, 0.3) is 0 Å². The fourth-order valence-electron chi connectivity index (χ4n) is 3.14. The minimum atomic E-state index is -0.551. The Bertz CT molecular complexity index is 584. The number of hydrogen-bond acceptors (Lipinski definition) is 4. The zero-order chi connectivity index (χ0) is 14.8. The van der Waals surface area contributed by atoms with Gasteiger partial charge >= 0.3 is 0 Å². The Hall–Kier alpha value is -1.69. The van der Waals surface area contributed by atoms with Gasteiger partial charge in [-0.2, -0.15) is 5.10 Å². The van der Waals surface area contributed by atoms with Gasteiger partial charge in [0.15, 0.2) is 0 Å². The number of likely N-dealkylation sites (tertiary alicyclic amines) is 1. The van der Waals surface area contributed by atoms with Crippen molar-refractivity contribution in [2.75, 3.05) is 13.2 Å². The standard InChI is InChI=1S/C16H21N3O2/c1-11-13(7-17-18-11)8-19-9-14(16(21)15(19)10-20)12-5-3-2-4-6-12/h2-7,14-16,20-21H,8-10H2,1H3,(H,17,18)/t14-,15-,16-/m1/s1. The summed E-state index contributed by atoms with van der Waals surface area (Å²) in [5, 5.41) is 27.2. The van der Waals surface area contributed by atoms with Crippen LogP contribution in [-0.2, 0) is 6.54 Å². The van der Waals surface area contributed by atoms with E-state index in [1.165, 1.54) is 0 Å². The Kier molecular flexibility index (Phi) is 4.05. The minimum Gasteiger partial charge on any atom is -0.395 e. The molecule has 112 valence electrons. The van der Waals surface area contributed by atoms with Gasteiger partial charge < -0.3 is 10.2 Å². The molecule has 5 heteroatoms. The molecule has 1 aromatic heterocycles. The Balaban J connectivity index is 1.80. The summed E-state index contributed by atoms with van der Waals surface area (Å²) in [6.45, 7) is 3.37. The molecule has 0 amide bonds. The monoisotopic (exact) mass is 287 g/mol. The average molecular weight is 287 g/mol. The Morgan fingerprint density at radius 3 is 2.71 bits per heavy atom. The van der Waals surface area contributed by atoms with E-state index < -0.39 is 6.10 Å². The molecular formula is C16H21N3O2. The second-order valence-electron chi connectivity index (χ2n) is 5.71. The van der Waals surface area contributed by atoms with E-state index in [4.69, 9.17) is 0 Å². The van der Waals surface area contributed by atoms with Crippen molar-refractivity contribution in [1.29, 1.82) is 0 Å². The van der Waals surface area contributed by atoms with Crippen LogP contribution in [0.1, 0.15) is 22.7 Å². The smallest absolute Gasteiger partial charge is 0.0798 e. The van der Waals surface area contributed by atoms with E-state index in [9.17, 15) is 10.2 Å². The number of nitrogens with one attached hydrogen (secondary N) is 1. The lowest BCUT2D eigenvalue weighted by Gasteiger charge is -2.23. The fourth-order valence-corrected chi connectivity index (χ4v) is 3.14. The second kappa shape index (κ2) is 5.97. The van der Waals surface area contributed by atoms with E-state index in [1.807, 2.05) is 43.5 Å². The first-order chi connectivity index (χ1) is 10.2. The topological polar surface area (TPSA) is 72.4 Å². The zero-order valence-electron chi connectivity index (χ0n) is 12.1. The molecule has 0 unspecified atom stereocenters. The summed E-state index contributed by atoms with van der Waals surface area (Å²) in [6.07, 6.45) is 1.26. The number of aliphatic hydroxyl groups excluding tert-OH is 2. The lowest BCUT2D eigenvalue weighted by Crippen LogP contribution is -2.38. The molecule has 1 fully saturated rings. The highest BCUT2D eigenvalue weighted by atomic mass is 16.3. The third-order valence-corrected chi connectivity index (χ3v) is 4.43. The molecule has 0 bridgehead atoms. The van der Waals surface area contributed by atoms with Crippen LogP contribution in [0.3, 0.4) is 0 Å². The van der Waals surface area contributed by atoms with E-state index in [0.29, 0.717) is 6.54 Å². The molecule has 0 saturated carbocycles.